The maximum Gasteiger partial charge on any atom is 0.387 e. The first kappa shape index (κ1) is 17.8. The fourth-order valence-electron chi connectivity index (χ4n) is 3.15. The van der Waals surface area contributed by atoms with Gasteiger partial charge in [0.1, 0.15) is 5.75 Å². The summed E-state index contributed by atoms with van der Waals surface area (Å²) in [5.74, 6) is 0.273. The third-order valence-corrected chi connectivity index (χ3v) is 4.49. The minimum absolute atomic E-state index is 0.273. The lowest BCUT2D eigenvalue weighted by molar-refractivity contribution is -0.0508. The molecule has 25 heavy (non-hydrogen) atoms. The predicted molar refractivity (Wildman–Crippen MR) is 92.4 cm³/mol. The number of nitrogens with zero attached hydrogens (tertiary/aromatic N) is 2. The number of para-hydroxylation sites is 1. The highest BCUT2D eigenvalue weighted by atomic mass is 19.3. The van der Waals surface area contributed by atoms with Gasteiger partial charge in [0.25, 0.3) is 0 Å². The van der Waals surface area contributed by atoms with Crippen molar-refractivity contribution in [1.82, 2.24) is 15.2 Å². The average Bonchev–Trinajstić information content (AvgIpc) is 2.63. The fourth-order valence-corrected chi connectivity index (χ4v) is 3.15. The van der Waals surface area contributed by atoms with E-state index in [0.29, 0.717) is 12.6 Å². The van der Waals surface area contributed by atoms with Gasteiger partial charge in [-0.05, 0) is 43.6 Å². The molecule has 0 bridgehead atoms. The third kappa shape index (κ3) is 5.47. The molecular formula is C19H23F2N3O. The molecule has 1 aliphatic heterocycles. The number of alkyl halides is 2. The number of aromatic nitrogens is 1. The van der Waals surface area contributed by atoms with Crippen molar-refractivity contribution in [3.63, 3.8) is 0 Å². The summed E-state index contributed by atoms with van der Waals surface area (Å²) in [4.78, 5) is 6.41. The van der Waals surface area contributed by atoms with Crippen LogP contribution < -0.4 is 10.1 Å². The predicted octanol–water partition coefficient (Wildman–Crippen LogP) is 3.44. The van der Waals surface area contributed by atoms with E-state index in [1.165, 1.54) is 5.56 Å². The number of piperidine rings is 1. The largest absolute Gasteiger partial charge is 0.434 e. The number of ether oxygens (including phenoxy) is 1. The number of hydrogen-bond donors (Lipinski definition) is 1. The molecule has 1 N–H and O–H groups in total. The Morgan fingerprint density at radius 3 is 2.68 bits per heavy atom. The SMILES string of the molecule is FC(F)Oc1ccccc1CN1CCC(NCc2cccnc2)CC1. The minimum atomic E-state index is -2.79. The molecule has 4 nitrogen and oxygen atoms in total. The first-order chi connectivity index (χ1) is 12.2. The van der Waals surface area contributed by atoms with Gasteiger partial charge in [-0.25, -0.2) is 0 Å². The van der Waals surface area contributed by atoms with E-state index in [2.05, 4.69) is 26.0 Å². The summed E-state index contributed by atoms with van der Waals surface area (Å²) in [6, 6.07) is 11.5. The Kier molecular flexibility index (Phi) is 6.30. The van der Waals surface area contributed by atoms with Gasteiger partial charge in [-0.15, -0.1) is 0 Å². The summed E-state index contributed by atoms with van der Waals surface area (Å²) in [5, 5.41) is 3.57. The first-order valence-electron chi connectivity index (χ1n) is 8.58. The number of halogens is 2. The van der Waals surface area contributed by atoms with Crippen molar-refractivity contribution in [3.8, 4) is 5.75 Å². The topological polar surface area (TPSA) is 37.4 Å². The molecule has 2 aromatic rings. The van der Waals surface area contributed by atoms with Gasteiger partial charge in [-0.2, -0.15) is 8.78 Å². The molecule has 1 aromatic heterocycles. The van der Waals surface area contributed by atoms with E-state index in [9.17, 15) is 8.78 Å². The Morgan fingerprint density at radius 2 is 1.96 bits per heavy atom. The molecule has 0 spiro atoms. The van der Waals surface area contributed by atoms with Crippen molar-refractivity contribution in [2.45, 2.75) is 38.6 Å². The molecular weight excluding hydrogens is 324 g/mol. The molecule has 6 heteroatoms. The second kappa shape index (κ2) is 8.87. The lowest BCUT2D eigenvalue weighted by atomic mass is 10.0. The number of hydrogen-bond acceptors (Lipinski definition) is 4. The molecule has 0 unspecified atom stereocenters. The summed E-state index contributed by atoms with van der Waals surface area (Å²) < 4.78 is 29.6. The van der Waals surface area contributed by atoms with Gasteiger partial charge >= 0.3 is 6.61 Å². The summed E-state index contributed by atoms with van der Waals surface area (Å²) in [6.45, 7) is 0.548. The summed E-state index contributed by atoms with van der Waals surface area (Å²) in [5.41, 5.74) is 1.99. The summed E-state index contributed by atoms with van der Waals surface area (Å²) in [6.07, 6.45) is 5.73. The third-order valence-electron chi connectivity index (χ3n) is 4.49. The number of rotatable bonds is 7. The van der Waals surface area contributed by atoms with E-state index < -0.39 is 6.61 Å². The molecule has 0 radical (unpaired) electrons. The Hall–Kier alpha value is -2.05. The summed E-state index contributed by atoms with van der Waals surface area (Å²) >= 11 is 0. The molecule has 1 fully saturated rings. The molecule has 1 saturated heterocycles. The maximum atomic E-state index is 12.5. The van der Waals surface area contributed by atoms with Crippen LogP contribution in [0.15, 0.2) is 48.8 Å². The lowest BCUT2D eigenvalue weighted by Gasteiger charge is -2.32. The molecule has 1 aromatic carbocycles. The van der Waals surface area contributed by atoms with Crippen LogP contribution in [0.1, 0.15) is 24.0 Å². The van der Waals surface area contributed by atoms with Gasteiger partial charge in [0.15, 0.2) is 0 Å². The van der Waals surface area contributed by atoms with Crippen LogP contribution in [-0.4, -0.2) is 35.6 Å². The fraction of sp³-hybridized carbons (Fsp3) is 0.421. The highest BCUT2D eigenvalue weighted by Crippen LogP contribution is 2.23. The van der Waals surface area contributed by atoms with Crippen molar-refractivity contribution in [2.24, 2.45) is 0 Å². The van der Waals surface area contributed by atoms with Gasteiger partial charge < -0.3 is 10.1 Å². The van der Waals surface area contributed by atoms with Gasteiger partial charge in [-0.1, -0.05) is 24.3 Å². The highest BCUT2D eigenvalue weighted by Gasteiger charge is 2.20. The van der Waals surface area contributed by atoms with E-state index in [1.54, 1.807) is 18.3 Å². The average molecular weight is 347 g/mol. The van der Waals surface area contributed by atoms with Gasteiger partial charge in [0.2, 0.25) is 0 Å². The van der Waals surface area contributed by atoms with E-state index in [4.69, 9.17) is 0 Å². The van der Waals surface area contributed by atoms with Crippen molar-refractivity contribution in [1.29, 1.82) is 0 Å². The van der Waals surface area contributed by atoms with Crippen molar-refractivity contribution < 1.29 is 13.5 Å². The lowest BCUT2D eigenvalue weighted by Crippen LogP contribution is -2.41. The van der Waals surface area contributed by atoms with E-state index in [1.807, 2.05) is 24.4 Å². The summed E-state index contributed by atoms with van der Waals surface area (Å²) in [7, 11) is 0. The van der Waals surface area contributed by atoms with Gasteiger partial charge in [0.05, 0.1) is 0 Å². The zero-order chi connectivity index (χ0) is 17.5. The first-order valence-corrected chi connectivity index (χ1v) is 8.58. The zero-order valence-electron chi connectivity index (χ0n) is 14.1. The van der Waals surface area contributed by atoms with Crippen LogP contribution in [0.5, 0.6) is 5.75 Å². The Bertz CT molecular complexity index is 646. The smallest absolute Gasteiger partial charge is 0.387 e. The second-order valence-corrected chi connectivity index (χ2v) is 6.28. The van der Waals surface area contributed by atoms with E-state index in [0.717, 1.165) is 38.0 Å². The number of likely N-dealkylation sites (tertiary alicyclic amines) is 1. The monoisotopic (exact) mass is 347 g/mol. The molecule has 0 atom stereocenters. The van der Waals surface area contributed by atoms with Crippen LogP contribution in [0, 0.1) is 0 Å². The quantitative estimate of drug-likeness (QED) is 0.833. The standard InChI is InChI=1S/C19H23F2N3O/c20-19(21)25-18-6-2-1-5-16(18)14-24-10-7-17(8-11-24)23-13-15-4-3-9-22-12-15/h1-6,9,12,17,19,23H,7-8,10-11,13-14H2. The molecule has 3 rings (SSSR count). The van der Waals surface area contributed by atoms with E-state index >= 15 is 0 Å². The van der Waals surface area contributed by atoms with Gasteiger partial charge in [0, 0.05) is 37.1 Å². The highest BCUT2D eigenvalue weighted by molar-refractivity contribution is 5.33. The normalized spacial score (nSPS) is 16.3. The Morgan fingerprint density at radius 1 is 1.16 bits per heavy atom. The van der Waals surface area contributed by atoms with Crippen molar-refractivity contribution in [2.75, 3.05) is 13.1 Å². The molecule has 0 aliphatic carbocycles. The van der Waals surface area contributed by atoms with Crippen LogP contribution in [0.2, 0.25) is 0 Å². The molecule has 1 aliphatic rings. The maximum absolute atomic E-state index is 12.5. The van der Waals surface area contributed by atoms with Crippen LogP contribution in [-0.2, 0) is 13.1 Å². The molecule has 0 amide bonds. The van der Waals surface area contributed by atoms with Gasteiger partial charge in [-0.3, -0.25) is 9.88 Å². The molecule has 0 saturated carbocycles. The van der Waals surface area contributed by atoms with Crippen LogP contribution in [0.25, 0.3) is 0 Å². The number of benzene rings is 1. The second-order valence-electron chi connectivity index (χ2n) is 6.28. The molecule has 134 valence electrons. The van der Waals surface area contributed by atoms with Crippen molar-refractivity contribution >= 4 is 0 Å². The van der Waals surface area contributed by atoms with E-state index in [-0.39, 0.29) is 5.75 Å². The van der Waals surface area contributed by atoms with Crippen LogP contribution >= 0.6 is 0 Å². The Balaban J connectivity index is 1.46. The number of nitrogens with one attached hydrogen (secondary N) is 1. The Labute approximate surface area is 146 Å². The molecule has 2 heterocycles. The minimum Gasteiger partial charge on any atom is -0.434 e. The van der Waals surface area contributed by atoms with Crippen LogP contribution in [0.3, 0.4) is 0 Å². The van der Waals surface area contributed by atoms with Crippen LogP contribution in [0.4, 0.5) is 8.78 Å². The zero-order valence-corrected chi connectivity index (χ0v) is 14.1. The van der Waals surface area contributed by atoms with Crippen molar-refractivity contribution in [3.05, 3.63) is 59.9 Å². The number of pyridine rings is 1.